The molecule has 0 aliphatic carbocycles. The number of rotatable bonds is 19. The van der Waals surface area contributed by atoms with E-state index < -0.39 is 43.7 Å². The predicted octanol–water partition coefficient (Wildman–Crippen LogP) is 11.4. The molecule has 7 heterocycles. The molecule has 0 aromatic heterocycles. The molecule has 7 fully saturated rings. The standard InChI is InChI=1S/C63H114O15.Ac/c1-22-44-30(8)29(7)38(16)58(67-44)73-51-32(10)39(17)59(68-45(51)23-2)74-52-33(11)40(18)60(69-46(52)24-3)75-53-34(12)41(19)61(70-47(53)25-4)76-54-35(13)42(20)62(71-48(54)26-5)77-55-36(14)43(21)63(72-49(55)27-6)78-56-31(9)37(15)57(65)66-50(56)28-64;/h29-65H,22-28H2,1-21H3;/t29-,30+,31?,32+,33?,34?,35+,36+,37?,38?,39?,40?,41?,42?,43?,44?,45?,46?,47?,48?,49?,50?,51+,52-,53-,54+,55+,56-,57?,58-,59-,60+,61+,62-,63-;/m0./s1. The van der Waals surface area contributed by atoms with Crippen molar-refractivity contribution in [3.63, 3.8) is 0 Å². The van der Waals surface area contributed by atoms with Crippen molar-refractivity contribution in [3.8, 4) is 0 Å². The summed E-state index contributed by atoms with van der Waals surface area (Å²) in [6.07, 6.45) is -1.22. The third-order valence-corrected chi connectivity index (χ3v) is 22.1. The second-order valence-electron chi connectivity index (χ2n) is 26.4. The molecule has 0 saturated carbocycles. The predicted molar refractivity (Wildman–Crippen MR) is 298 cm³/mol. The van der Waals surface area contributed by atoms with E-state index in [1.807, 2.05) is 13.8 Å². The molecule has 2 N–H and O–H groups in total. The van der Waals surface area contributed by atoms with Crippen molar-refractivity contribution in [1.82, 2.24) is 0 Å². The van der Waals surface area contributed by atoms with E-state index in [4.69, 9.17) is 61.6 Å². The van der Waals surface area contributed by atoms with E-state index >= 15 is 0 Å². The average molecular weight is 1340 g/mol. The molecule has 15 nitrogen and oxygen atoms in total. The minimum Gasteiger partial charge on any atom is -0.394 e. The van der Waals surface area contributed by atoms with E-state index in [1.165, 1.54) is 0 Å². The molecule has 0 spiro atoms. The van der Waals surface area contributed by atoms with E-state index in [2.05, 4.69) is 132 Å². The van der Waals surface area contributed by atoms with Crippen molar-refractivity contribution in [2.75, 3.05) is 6.61 Å². The Morgan fingerprint density at radius 2 is 0.456 bits per heavy atom. The van der Waals surface area contributed by atoms with Gasteiger partial charge in [-0.05, 0) is 85.9 Å². The van der Waals surface area contributed by atoms with Crippen molar-refractivity contribution in [2.45, 2.75) is 307 Å². The topological polar surface area (TPSA) is 160 Å². The van der Waals surface area contributed by atoms with Gasteiger partial charge in [-0.25, -0.2) is 0 Å². The van der Waals surface area contributed by atoms with Crippen LogP contribution in [0.25, 0.3) is 0 Å². The summed E-state index contributed by atoms with van der Waals surface area (Å²) in [5.74, 6) is 1.95. The summed E-state index contributed by atoms with van der Waals surface area (Å²) in [6.45, 7) is 46.1. The second-order valence-corrected chi connectivity index (χ2v) is 26.4. The fraction of sp³-hybridized carbons (Fsp3) is 1.00. The summed E-state index contributed by atoms with van der Waals surface area (Å²) in [7, 11) is 0. The number of aliphatic hydroxyl groups excluding tert-OH is 2. The SMILES string of the molecule is CCC1O[C@H](O[C@H]2C(CC)O[C@@H](O[C@H]3C(CC)O[C@@H](O[C@@H]4C(CO)OC(O)C(C)C4C)C(C)[C@H]3C)C(C)[C@H]2C)C(C)C(C)[C@@H]1O[C@H]1OC(CC)[C@@H](O[C@@H]2OC(CC)[C@H](O[C@@H]3OC(CC)[C@H](C)[C@H](C)C3C)[C@H](C)C2C)C(C)C1C.[Ac]. The molecule has 7 rings (SSSR count). The van der Waals surface area contributed by atoms with Gasteiger partial charge < -0.3 is 71.8 Å². The molecule has 0 bridgehead atoms. The van der Waals surface area contributed by atoms with Crippen LogP contribution in [0.15, 0.2) is 0 Å². The van der Waals surface area contributed by atoms with Gasteiger partial charge in [-0.1, -0.05) is 145 Å². The summed E-state index contributed by atoms with van der Waals surface area (Å²) >= 11 is 0. The van der Waals surface area contributed by atoms with E-state index in [-0.39, 0.29) is 201 Å². The van der Waals surface area contributed by atoms with Gasteiger partial charge in [0.25, 0.3) is 0 Å². The Morgan fingerprint density at radius 3 is 0.684 bits per heavy atom. The van der Waals surface area contributed by atoms with Crippen LogP contribution in [0.2, 0.25) is 0 Å². The zero-order valence-electron chi connectivity index (χ0n) is 52.9. The molecule has 0 aromatic rings. The summed E-state index contributed by atoms with van der Waals surface area (Å²) in [6, 6.07) is 0. The van der Waals surface area contributed by atoms with Crippen molar-refractivity contribution in [1.29, 1.82) is 0 Å². The van der Waals surface area contributed by atoms with Gasteiger partial charge in [0.2, 0.25) is 0 Å². The van der Waals surface area contributed by atoms with Gasteiger partial charge in [0.15, 0.2) is 44.0 Å². The molecule has 0 aromatic carbocycles. The van der Waals surface area contributed by atoms with Crippen LogP contribution in [0.4, 0.5) is 0 Å². The fourth-order valence-corrected chi connectivity index (χ4v) is 14.5. The zero-order valence-corrected chi connectivity index (χ0v) is 57.7. The van der Waals surface area contributed by atoms with Crippen molar-refractivity contribution >= 4 is 0 Å². The molecule has 7 saturated heterocycles. The van der Waals surface area contributed by atoms with Gasteiger partial charge in [-0.3, -0.25) is 0 Å². The van der Waals surface area contributed by atoms with Gasteiger partial charge >= 0.3 is 0 Å². The summed E-state index contributed by atoms with van der Waals surface area (Å²) < 4.78 is 89.2. The molecular weight excluding hydrogens is 1220 g/mol. The normalized spacial score (nSPS) is 52.8. The van der Waals surface area contributed by atoms with Crippen LogP contribution in [-0.4, -0.2) is 140 Å². The Bertz CT molecular complexity index is 1790. The maximum atomic E-state index is 10.5. The summed E-state index contributed by atoms with van der Waals surface area (Å²) in [5, 5.41) is 20.7. The first-order chi connectivity index (χ1) is 37.0. The smallest absolute Gasteiger partial charge is 0.161 e. The second kappa shape index (κ2) is 30.2. The van der Waals surface area contributed by atoms with E-state index in [0.717, 1.165) is 38.5 Å². The molecular formula is C63H114AcO15. The van der Waals surface area contributed by atoms with Crippen LogP contribution in [0.5, 0.6) is 0 Å². The summed E-state index contributed by atoms with van der Waals surface area (Å²) in [4.78, 5) is 0. The average Bonchev–Trinajstić information content (AvgIpc) is 3.45. The monoisotopic (exact) mass is 1340 g/mol. The van der Waals surface area contributed by atoms with Crippen LogP contribution in [0.1, 0.15) is 184 Å². The van der Waals surface area contributed by atoms with Gasteiger partial charge in [0.1, 0.15) is 6.10 Å². The van der Waals surface area contributed by atoms with Crippen LogP contribution in [0, 0.1) is 133 Å². The Morgan fingerprint density at radius 1 is 0.253 bits per heavy atom. The molecule has 459 valence electrons. The molecule has 0 amide bonds. The van der Waals surface area contributed by atoms with E-state index in [1.54, 1.807) is 0 Å². The first-order valence-electron chi connectivity index (χ1n) is 31.8. The fourth-order valence-electron chi connectivity index (χ4n) is 14.5. The molecule has 1 radical (unpaired) electrons. The molecule has 16 heteroatoms. The minimum atomic E-state index is -0.947. The van der Waals surface area contributed by atoms with Crippen molar-refractivity contribution < 1.29 is 116 Å². The number of aliphatic hydroxyl groups is 2. The van der Waals surface area contributed by atoms with Crippen LogP contribution >= 0.6 is 0 Å². The van der Waals surface area contributed by atoms with Gasteiger partial charge in [0, 0.05) is 85.5 Å². The van der Waals surface area contributed by atoms with Gasteiger partial charge in [-0.2, -0.15) is 0 Å². The first-order valence-corrected chi connectivity index (χ1v) is 31.8. The van der Waals surface area contributed by atoms with Crippen molar-refractivity contribution in [3.05, 3.63) is 0 Å². The maximum Gasteiger partial charge on any atom is 0.161 e. The van der Waals surface area contributed by atoms with Gasteiger partial charge in [-0.15, -0.1) is 0 Å². The molecule has 7 aliphatic heterocycles. The largest absolute Gasteiger partial charge is 0.394 e. The summed E-state index contributed by atoms with van der Waals surface area (Å²) in [5.41, 5.74) is 0. The van der Waals surface area contributed by atoms with E-state index in [9.17, 15) is 10.2 Å². The third-order valence-electron chi connectivity index (χ3n) is 22.1. The van der Waals surface area contributed by atoms with Crippen LogP contribution < -0.4 is 0 Å². The molecule has 35 atom stereocenters. The maximum absolute atomic E-state index is 10.5. The molecule has 7 aliphatic rings. The number of hydrogen-bond acceptors (Lipinski definition) is 15. The van der Waals surface area contributed by atoms with Crippen molar-refractivity contribution in [2.24, 2.45) is 88.8 Å². The first kappa shape index (κ1) is 68.9. The Kier molecular flexibility index (Phi) is 26.3. The third kappa shape index (κ3) is 14.6. The minimum absolute atomic E-state index is 0. The Hall–Kier alpha value is 0.842. The Balaban J connectivity index is 0.0000101. The Labute approximate surface area is 514 Å². The quantitative estimate of drug-likeness (QED) is 0.126. The van der Waals surface area contributed by atoms with Crippen LogP contribution in [-0.2, 0) is 61.6 Å². The van der Waals surface area contributed by atoms with Crippen LogP contribution in [0.3, 0.4) is 0 Å². The number of ether oxygens (including phenoxy) is 13. The number of hydrogen-bond donors (Lipinski definition) is 2. The zero-order chi connectivity index (χ0) is 57.3. The van der Waals surface area contributed by atoms with E-state index in [0.29, 0.717) is 17.8 Å². The molecule has 18 unspecified atom stereocenters. The van der Waals surface area contributed by atoms with Gasteiger partial charge in [0.05, 0.1) is 79.9 Å². The molecule has 79 heavy (non-hydrogen) atoms.